The first kappa shape index (κ1) is 18.3. The van der Waals surface area contributed by atoms with Gasteiger partial charge in [-0.05, 0) is 25.7 Å². The second kappa shape index (κ2) is 10.1. The standard InChI is InChI=1S/C16H29NO3S/c1-4-6-8-14(5-2)11-20-16(19)12-21-13(3)17-10-7-9-15(17)18/h13-14H,4-12H2,1-3H3. The van der Waals surface area contributed by atoms with Crippen LogP contribution in [0.3, 0.4) is 0 Å². The van der Waals surface area contributed by atoms with Gasteiger partial charge in [-0.15, -0.1) is 11.8 Å². The molecule has 122 valence electrons. The van der Waals surface area contributed by atoms with E-state index in [1.54, 1.807) is 0 Å². The lowest BCUT2D eigenvalue weighted by Gasteiger charge is -2.23. The molecular formula is C16H29NO3S. The third kappa shape index (κ3) is 6.72. The third-order valence-electron chi connectivity index (χ3n) is 4.01. The molecule has 1 rings (SSSR count). The van der Waals surface area contributed by atoms with Crippen LogP contribution in [-0.4, -0.2) is 41.1 Å². The van der Waals surface area contributed by atoms with Gasteiger partial charge in [0.25, 0.3) is 0 Å². The molecule has 2 atom stereocenters. The molecule has 0 aromatic heterocycles. The topological polar surface area (TPSA) is 46.6 Å². The smallest absolute Gasteiger partial charge is 0.315 e. The van der Waals surface area contributed by atoms with Gasteiger partial charge in [-0.3, -0.25) is 9.59 Å². The minimum atomic E-state index is -0.159. The largest absolute Gasteiger partial charge is 0.465 e. The van der Waals surface area contributed by atoms with Crippen molar-refractivity contribution < 1.29 is 14.3 Å². The highest BCUT2D eigenvalue weighted by Crippen LogP contribution is 2.22. The zero-order valence-electron chi connectivity index (χ0n) is 13.6. The molecule has 0 aliphatic carbocycles. The summed E-state index contributed by atoms with van der Waals surface area (Å²) in [7, 11) is 0. The van der Waals surface area contributed by atoms with Crippen molar-refractivity contribution in [2.24, 2.45) is 5.92 Å². The van der Waals surface area contributed by atoms with Crippen LogP contribution in [0.1, 0.15) is 59.3 Å². The molecule has 0 radical (unpaired) electrons. The van der Waals surface area contributed by atoms with Gasteiger partial charge in [0.05, 0.1) is 17.7 Å². The van der Waals surface area contributed by atoms with Gasteiger partial charge in [0, 0.05) is 13.0 Å². The maximum Gasteiger partial charge on any atom is 0.315 e. The number of hydrogen-bond donors (Lipinski definition) is 0. The van der Waals surface area contributed by atoms with Gasteiger partial charge in [0.15, 0.2) is 0 Å². The van der Waals surface area contributed by atoms with Crippen LogP contribution in [0.2, 0.25) is 0 Å². The fraction of sp³-hybridized carbons (Fsp3) is 0.875. The molecule has 0 aromatic rings. The highest BCUT2D eigenvalue weighted by molar-refractivity contribution is 8.00. The van der Waals surface area contributed by atoms with Crippen molar-refractivity contribution in [3.8, 4) is 0 Å². The molecule has 2 unspecified atom stereocenters. The van der Waals surface area contributed by atoms with Crippen LogP contribution in [0.5, 0.6) is 0 Å². The number of hydrogen-bond acceptors (Lipinski definition) is 4. The Balaban J connectivity index is 2.19. The Morgan fingerprint density at radius 2 is 2.19 bits per heavy atom. The first-order valence-corrected chi connectivity index (χ1v) is 9.20. The average Bonchev–Trinajstić information content (AvgIpc) is 2.91. The van der Waals surface area contributed by atoms with Gasteiger partial charge in [0.1, 0.15) is 0 Å². The Morgan fingerprint density at radius 1 is 1.43 bits per heavy atom. The summed E-state index contributed by atoms with van der Waals surface area (Å²) in [5, 5.41) is 0.0645. The summed E-state index contributed by atoms with van der Waals surface area (Å²) in [5.74, 6) is 0.855. The number of esters is 1. The van der Waals surface area contributed by atoms with E-state index >= 15 is 0 Å². The minimum absolute atomic E-state index is 0.0645. The van der Waals surface area contributed by atoms with Gasteiger partial charge < -0.3 is 9.64 Å². The van der Waals surface area contributed by atoms with E-state index in [0.717, 1.165) is 25.8 Å². The molecule has 1 aliphatic rings. The van der Waals surface area contributed by atoms with Gasteiger partial charge >= 0.3 is 5.97 Å². The van der Waals surface area contributed by atoms with E-state index < -0.39 is 0 Å². The van der Waals surface area contributed by atoms with Crippen LogP contribution in [-0.2, 0) is 14.3 Å². The molecule has 21 heavy (non-hydrogen) atoms. The van der Waals surface area contributed by atoms with E-state index in [4.69, 9.17) is 4.74 Å². The Morgan fingerprint density at radius 3 is 2.76 bits per heavy atom. The average molecular weight is 315 g/mol. The lowest BCUT2D eigenvalue weighted by molar-refractivity contribution is -0.142. The van der Waals surface area contributed by atoms with Crippen molar-refractivity contribution in [2.45, 2.75) is 64.7 Å². The molecule has 1 aliphatic heterocycles. The van der Waals surface area contributed by atoms with Gasteiger partial charge in [0.2, 0.25) is 5.91 Å². The number of rotatable bonds is 10. The number of ether oxygens (including phenoxy) is 1. The molecule has 0 saturated carbocycles. The predicted molar refractivity (Wildman–Crippen MR) is 87.1 cm³/mol. The molecule has 4 nitrogen and oxygen atoms in total. The monoisotopic (exact) mass is 315 g/mol. The molecule has 5 heteroatoms. The molecule has 0 aromatic carbocycles. The Hall–Kier alpha value is -0.710. The predicted octanol–water partition coefficient (Wildman–Crippen LogP) is 3.45. The fourth-order valence-corrected chi connectivity index (χ4v) is 3.35. The summed E-state index contributed by atoms with van der Waals surface area (Å²) >= 11 is 1.49. The van der Waals surface area contributed by atoms with Gasteiger partial charge in [-0.2, -0.15) is 0 Å². The number of nitrogens with zero attached hydrogens (tertiary/aromatic N) is 1. The van der Waals surface area contributed by atoms with Crippen LogP contribution in [0.25, 0.3) is 0 Å². The summed E-state index contributed by atoms with van der Waals surface area (Å²) in [4.78, 5) is 25.3. The van der Waals surface area contributed by atoms with Crippen molar-refractivity contribution in [1.29, 1.82) is 0 Å². The summed E-state index contributed by atoms with van der Waals surface area (Å²) in [6.07, 6.45) is 6.14. The van der Waals surface area contributed by atoms with Crippen LogP contribution in [0.15, 0.2) is 0 Å². The van der Waals surface area contributed by atoms with Crippen LogP contribution >= 0.6 is 11.8 Å². The first-order valence-electron chi connectivity index (χ1n) is 8.15. The number of likely N-dealkylation sites (tertiary alicyclic amines) is 1. The lowest BCUT2D eigenvalue weighted by Crippen LogP contribution is -2.32. The number of thioether (sulfide) groups is 1. The van der Waals surface area contributed by atoms with E-state index in [1.807, 2.05) is 11.8 Å². The quantitative estimate of drug-likeness (QED) is 0.579. The van der Waals surface area contributed by atoms with Gasteiger partial charge in [-0.25, -0.2) is 0 Å². The maximum absolute atomic E-state index is 11.8. The fourth-order valence-electron chi connectivity index (χ4n) is 2.48. The number of carbonyl (C=O) groups excluding carboxylic acids is 2. The van der Waals surface area contributed by atoms with Crippen molar-refractivity contribution in [3.05, 3.63) is 0 Å². The lowest BCUT2D eigenvalue weighted by atomic mass is 10.0. The Bertz CT molecular complexity index is 335. The normalized spacial score (nSPS) is 17.9. The van der Waals surface area contributed by atoms with E-state index in [-0.39, 0.29) is 17.3 Å². The molecule has 1 saturated heterocycles. The van der Waals surface area contributed by atoms with Gasteiger partial charge in [-0.1, -0.05) is 33.1 Å². The van der Waals surface area contributed by atoms with Crippen molar-refractivity contribution in [2.75, 3.05) is 18.9 Å². The van der Waals surface area contributed by atoms with E-state index in [1.165, 1.54) is 24.6 Å². The van der Waals surface area contributed by atoms with Crippen molar-refractivity contribution in [3.63, 3.8) is 0 Å². The third-order valence-corrected chi connectivity index (χ3v) is 5.15. The second-order valence-corrected chi connectivity index (χ2v) is 7.00. The second-order valence-electron chi connectivity index (χ2n) is 5.70. The molecule has 1 heterocycles. The highest BCUT2D eigenvalue weighted by atomic mass is 32.2. The van der Waals surface area contributed by atoms with Crippen LogP contribution < -0.4 is 0 Å². The van der Waals surface area contributed by atoms with Crippen LogP contribution in [0.4, 0.5) is 0 Å². The minimum Gasteiger partial charge on any atom is -0.465 e. The number of amides is 1. The summed E-state index contributed by atoms with van der Waals surface area (Å²) in [6.45, 7) is 7.65. The highest BCUT2D eigenvalue weighted by Gasteiger charge is 2.25. The zero-order valence-corrected chi connectivity index (χ0v) is 14.4. The summed E-state index contributed by atoms with van der Waals surface area (Å²) in [5.41, 5.74) is 0. The summed E-state index contributed by atoms with van der Waals surface area (Å²) in [6, 6.07) is 0. The number of carbonyl (C=O) groups is 2. The molecule has 0 spiro atoms. The first-order chi connectivity index (χ1) is 10.1. The van der Waals surface area contributed by atoms with Crippen molar-refractivity contribution >= 4 is 23.6 Å². The molecule has 0 bridgehead atoms. The molecule has 1 fully saturated rings. The van der Waals surface area contributed by atoms with Crippen LogP contribution in [0, 0.1) is 5.92 Å². The SMILES string of the molecule is CCCCC(CC)COC(=O)CSC(C)N1CCCC1=O. The molecule has 1 amide bonds. The Kier molecular flexibility index (Phi) is 8.81. The summed E-state index contributed by atoms with van der Waals surface area (Å²) < 4.78 is 5.37. The number of unbranched alkanes of at least 4 members (excludes halogenated alkanes) is 1. The zero-order chi connectivity index (χ0) is 15.7. The van der Waals surface area contributed by atoms with E-state index in [0.29, 0.717) is 24.7 Å². The van der Waals surface area contributed by atoms with E-state index in [2.05, 4.69) is 13.8 Å². The van der Waals surface area contributed by atoms with E-state index in [9.17, 15) is 9.59 Å². The maximum atomic E-state index is 11.8. The molecular weight excluding hydrogens is 286 g/mol. The van der Waals surface area contributed by atoms with Crippen molar-refractivity contribution in [1.82, 2.24) is 4.90 Å². The Labute approximate surface area is 133 Å². The molecule has 0 N–H and O–H groups in total.